The van der Waals surface area contributed by atoms with E-state index in [4.69, 9.17) is 5.73 Å². The molecule has 0 spiro atoms. The Labute approximate surface area is 165 Å². The maximum absolute atomic E-state index is 6.22. The molecule has 0 aliphatic heterocycles. The van der Waals surface area contributed by atoms with Crippen molar-refractivity contribution >= 4 is 12.6 Å². The van der Waals surface area contributed by atoms with Crippen LogP contribution in [0, 0.1) is 0 Å². The Morgan fingerprint density at radius 1 is 0.885 bits per heavy atom. The van der Waals surface area contributed by atoms with E-state index in [0.29, 0.717) is 11.3 Å². The Bertz CT molecular complexity index is 495. The molecule has 0 aliphatic carbocycles. The largest absolute Gasteiger partial charge is 0.328 e. The van der Waals surface area contributed by atoms with E-state index in [2.05, 4.69) is 60.1 Å². The lowest BCUT2D eigenvalue weighted by atomic mass is 10.00. The maximum atomic E-state index is 6.22. The molecule has 1 aromatic carbocycles. The highest BCUT2D eigenvalue weighted by Crippen LogP contribution is 2.16. The highest BCUT2D eigenvalue weighted by atomic mass is 32.1. The van der Waals surface area contributed by atoms with Gasteiger partial charge in [-0.25, -0.2) is 0 Å². The summed E-state index contributed by atoms with van der Waals surface area (Å²) in [7, 11) is 0. The number of hydrogen-bond donors (Lipinski definition) is 2. The molecule has 26 heavy (non-hydrogen) atoms. The molecule has 4 heteroatoms. The van der Waals surface area contributed by atoms with E-state index < -0.39 is 0 Å². The number of unbranched alkanes of at least 4 members (excludes halogenated alkanes) is 3. The van der Waals surface area contributed by atoms with Crippen molar-refractivity contribution < 1.29 is 0 Å². The number of nitrogens with two attached hydrogens (primary N) is 1. The maximum Gasteiger partial charge on any atom is 0.0496 e. The van der Waals surface area contributed by atoms with Gasteiger partial charge in [-0.05, 0) is 49.8 Å². The topological polar surface area (TPSA) is 51.8 Å². The first-order chi connectivity index (χ1) is 12.7. The average molecular weight is 374 g/mol. The van der Waals surface area contributed by atoms with Crippen LogP contribution in [0.2, 0.25) is 0 Å². The van der Waals surface area contributed by atoms with Gasteiger partial charge in [-0.15, -0.1) is 0 Å². The zero-order valence-corrected chi connectivity index (χ0v) is 17.0. The van der Waals surface area contributed by atoms with Gasteiger partial charge >= 0.3 is 0 Å². The van der Waals surface area contributed by atoms with Crippen molar-refractivity contribution in [3.05, 3.63) is 60.4 Å². The van der Waals surface area contributed by atoms with Crippen LogP contribution in [0.3, 0.4) is 0 Å². The Balaban J connectivity index is 0.000000472. The molecule has 2 N–H and O–H groups in total. The smallest absolute Gasteiger partial charge is 0.0496 e. The van der Waals surface area contributed by atoms with Crippen LogP contribution in [0.1, 0.15) is 63.9 Å². The Morgan fingerprint density at radius 2 is 1.58 bits per heavy atom. The number of rotatable bonds is 11. The molecule has 1 heterocycles. The fourth-order valence-corrected chi connectivity index (χ4v) is 3.31. The third kappa shape index (κ3) is 12.9. The monoisotopic (exact) mass is 373 g/mol. The molecule has 0 saturated heterocycles. The zero-order valence-electron chi connectivity index (χ0n) is 16.1. The molecule has 0 amide bonds. The van der Waals surface area contributed by atoms with Gasteiger partial charge in [0, 0.05) is 23.7 Å². The Hall–Kier alpha value is -1.39. The minimum atomic E-state index is 0.312. The van der Waals surface area contributed by atoms with Crippen molar-refractivity contribution in [2.24, 2.45) is 5.73 Å². The van der Waals surface area contributed by atoms with Gasteiger partial charge in [-0.2, -0.15) is 22.8 Å². The third-order valence-corrected chi connectivity index (χ3v) is 4.80. The van der Waals surface area contributed by atoms with E-state index in [1.165, 1.54) is 44.1 Å². The van der Waals surface area contributed by atoms with Gasteiger partial charge in [0.05, 0.1) is 0 Å². The first-order valence-electron chi connectivity index (χ1n) is 9.91. The van der Waals surface area contributed by atoms with E-state index in [1.54, 1.807) is 12.4 Å². The van der Waals surface area contributed by atoms with Crippen LogP contribution >= 0.6 is 12.6 Å². The highest BCUT2D eigenvalue weighted by molar-refractivity contribution is 7.80. The quantitative estimate of drug-likeness (QED) is 0.405. The van der Waals surface area contributed by atoms with Crippen molar-refractivity contribution in [1.82, 2.24) is 10.2 Å². The third-order valence-electron chi connectivity index (χ3n) is 4.33. The minimum absolute atomic E-state index is 0.312. The van der Waals surface area contributed by atoms with Gasteiger partial charge in [0.2, 0.25) is 0 Å². The number of hydrogen-bond acceptors (Lipinski definition) is 4. The molecule has 1 aromatic heterocycles. The summed E-state index contributed by atoms with van der Waals surface area (Å²) in [4.78, 5) is 0. The highest BCUT2D eigenvalue weighted by Gasteiger charge is 2.09. The van der Waals surface area contributed by atoms with Crippen molar-refractivity contribution in [3.8, 4) is 0 Å². The van der Waals surface area contributed by atoms with Gasteiger partial charge in [0.1, 0.15) is 0 Å². The fourth-order valence-electron chi connectivity index (χ4n) is 2.86. The van der Waals surface area contributed by atoms with Gasteiger partial charge in [0.25, 0.3) is 0 Å². The fraction of sp³-hybridized carbons (Fsp3) is 0.545. The second kappa shape index (κ2) is 15.8. The number of thiol groups is 1. The summed E-state index contributed by atoms with van der Waals surface area (Å²) in [6, 6.07) is 14.6. The van der Waals surface area contributed by atoms with E-state index in [0.717, 1.165) is 19.3 Å². The number of aromatic nitrogens is 2. The predicted molar refractivity (Wildman–Crippen MR) is 116 cm³/mol. The van der Waals surface area contributed by atoms with Gasteiger partial charge in [0.15, 0.2) is 0 Å². The molecule has 2 atom stereocenters. The zero-order chi connectivity index (χ0) is 18.9. The normalized spacial score (nSPS) is 12.7. The molecular formula is C22H35N3S. The molecular weight excluding hydrogens is 338 g/mol. The minimum Gasteiger partial charge on any atom is -0.328 e. The predicted octanol–water partition coefficient (Wildman–Crippen LogP) is 5.47. The van der Waals surface area contributed by atoms with Crippen LogP contribution in [-0.2, 0) is 6.42 Å². The first-order valence-corrected chi connectivity index (χ1v) is 10.4. The van der Waals surface area contributed by atoms with Crippen molar-refractivity contribution in [2.45, 2.75) is 76.0 Å². The van der Waals surface area contributed by atoms with Gasteiger partial charge < -0.3 is 5.73 Å². The molecule has 0 fully saturated rings. The molecule has 3 nitrogen and oxygen atoms in total. The summed E-state index contributed by atoms with van der Waals surface area (Å²) in [5, 5.41) is 7.55. The van der Waals surface area contributed by atoms with Crippen LogP contribution in [-0.4, -0.2) is 21.5 Å². The number of nitrogens with zero attached hydrogens (tertiary/aromatic N) is 2. The summed E-state index contributed by atoms with van der Waals surface area (Å²) < 4.78 is 0. The van der Waals surface area contributed by atoms with E-state index in [1.807, 2.05) is 12.1 Å². The van der Waals surface area contributed by atoms with E-state index in [9.17, 15) is 0 Å². The van der Waals surface area contributed by atoms with Gasteiger partial charge in [-0.1, -0.05) is 62.9 Å². The second-order valence-electron chi connectivity index (χ2n) is 6.79. The van der Waals surface area contributed by atoms with E-state index >= 15 is 0 Å². The summed E-state index contributed by atoms with van der Waals surface area (Å²) >= 11 is 4.68. The van der Waals surface area contributed by atoms with Crippen molar-refractivity contribution in [3.63, 3.8) is 0 Å². The number of benzene rings is 1. The summed E-state index contributed by atoms with van der Waals surface area (Å²) in [5.74, 6) is 0. The lowest BCUT2D eigenvalue weighted by Gasteiger charge is -2.16. The lowest BCUT2D eigenvalue weighted by Crippen LogP contribution is -2.24. The molecule has 0 aliphatic rings. The average Bonchev–Trinajstić information content (AvgIpc) is 2.68. The molecule has 0 radical (unpaired) electrons. The summed E-state index contributed by atoms with van der Waals surface area (Å²) in [5.41, 5.74) is 7.64. The van der Waals surface area contributed by atoms with E-state index in [-0.39, 0.29) is 0 Å². The number of aryl methyl sites for hydroxylation is 1. The Kier molecular flexibility index (Phi) is 13.8. The molecule has 2 aromatic rings. The second-order valence-corrected chi connectivity index (χ2v) is 7.52. The van der Waals surface area contributed by atoms with Crippen molar-refractivity contribution in [1.29, 1.82) is 0 Å². The SMILES string of the molecule is CCCCCCC(S)CC(N)CCCc1ccccc1.c1ccnnc1. The Morgan fingerprint density at radius 3 is 2.15 bits per heavy atom. The van der Waals surface area contributed by atoms with Crippen LogP contribution in [0.4, 0.5) is 0 Å². The van der Waals surface area contributed by atoms with Crippen LogP contribution in [0.25, 0.3) is 0 Å². The molecule has 144 valence electrons. The first kappa shape index (κ1) is 22.7. The molecule has 0 bridgehead atoms. The van der Waals surface area contributed by atoms with Crippen LogP contribution in [0.5, 0.6) is 0 Å². The van der Waals surface area contributed by atoms with Crippen LogP contribution in [0.15, 0.2) is 54.9 Å². The summed E-state index contributed by atoms with van der Waals surface area (Å²) in [6.07, 6.45) is 14.3. The van der Waals surface area contributed by atoms with Gasteiger partial charge in [-0.3, -0.25) is 0 Å². The van der Waals surface area contributed by atoms with Crippen LogP contribution < -0.4 is 5.73 Å². The molecule has 0 saturated carbocycles. The summed E-state index contributed by atoms with van der Waals surface area (Å²) in [6.45, 7) is 2.25. The standard InChI is InChI=1S/C18H31NS.C4H4N2/c1-2-3-4-8-14-18(20)15-17(19)13-9-12-16-10-6-5-7-11-16;1-2-4-6-5-3-1/h5-7,10-11,17-18,20H,2-4,8-9,12-15,19H2,1H3;1-4H. The molecule has 2 rings (SSSR count). The molecule has 2 unspecified atom stereocenters. The lowest BCUT2D eigenvalue weighted by molar-refractivity contribution is 0.510. The van der Waals surface area contributed by atoms with Crippen molar-refractivity contribution in [2.75, 3.05) is 0 Å².